The van der Waals surface area contributed by atoms with E-state index in [0.29, 0.717) is 36.8 Å². The van der Waals surface area contributed by atoms with Gasteiger partial charge in [-0.05, 0) is 88.9 Å². The van der Waals surface area contributed by atoms with Gasteiger partial charge in [0.25, 0.3) is 0 Å². The Morgan fingerprint density at radius 2 is 1.24 bits per heavy atom. The lowest BCUT2D eigenvalue weighted by Gasteiger charge is -2.24. The molecule has 2 atom stereocenters. The zero-order valence-electron chi connectivity index (χ0n) is 32.3. The molecule has 2 heterocycles. The zero-order valence-corrected chi connectivity index (χ0v) is 32.3. The number of amides is 4. The van der Waals surface area contributed by atoms with Gasteiger partial charge in [-0.25, -0.2) is 4.68 Å². The summed E-state index contributed by atoms with van der Waals surface area (Å²) >= 11 is 0. The molecular formula is C46H44N8O4. The van der Waals surface area contributed by atoms with E-state index < -0.39 is 22.9 Å². The molecule has 2 aliphatic rings. The van der Waals surface area contributed by atoms with E-state index in [1.54, 1.807) is 30.3 Å². The first-order valence-electron chi connectivity index (χ1n) is 19.4. The first-order chi connectivity index (χ1) is 28.2. The fraction of sp³-hybridized carbons (Fsp3) is 0.239. The van der Waals surface area contributed by atoms with E-state index in [0.717, 1.165) is 39.1 Å². The van der Waals surface area contributed by atoms with Gasteiger partial charge in [0.1, 0.15) is 12.1 Å². The average molecular weight is 773 g/mol. The molecule has 0 saturated heterocycles. The van der Waals surface area contributed by atoms with Crippen LogP contribution in [0.1, 0.15) is 65.6 Å². The number of pyridine rings is 1. The first-order valence-corrected chi connectivity index (χ1v) is 19.4. The number of likely N-dealkylation sites (N-methyl/N-ethyl adjacent to an activating group) is 1. The van der Waals surface area contributed by atoms with Crippen LogP contribution >= 0.6 is 0 Å². The molecule has 8 rings (SSSR count). The number of hydrogen-bond donors (Lipinski definition) is 4. The second kappa shape index (κ2) is 15.9. The number of aryl methyl sites for hydroxylation is 1. The second-order valence-corrected chi connectivity index (χ2v) is 15.1. The summed E-state index contributed by atoms with van der Waals surface area (Å²) in [6.45, 7) is 0.137. The highest BCUT2D eigenvalue weighted by Gasteiger charge is 2.53. The van der Waals surface area contributed by atoms with E-state index >= 15 is 0 Å². The molecule has 2 fully saturated rings. The quantitative estimate of drug-likeness (QED) is 0.116. The van der Waals surface area contributed by atoms with E-state index in [1.807, 2.05) is 122 Å². The highest BCUT2D eigenvalue weighted by Crippen LogP contribution is 2.51. The molecule has 0 radical (unpaired) electrons. The molecular weight excluding hydrogens is 729 g/mol. The predicted molar refractivity (Wildman–Crippen MR) is 219 cm³/mol. The predicted octanol–water partition coefficient (Wildman–Crippen LogP) is 5.38. The van der Waals surface area contributed by atoms with Gasteiger partial charge in [-0.3, -0.25) is 24.2 Å². The smallest absolute Gasteiger partial charge is 0.247 e. The number of carbonyl (C=O) groups is 4. The van der Waals surface area contributed by atoms with Crippen LogP contribution in [0.4, 0.5) is 0 Å². The van der Waals surface area contributed by atoms with Crippen molar-refractivity contribution < 1.29 is 19.2 Å². The summed E-state index contributed by atoms with van der Waals surface area (Å²) in [6.07, 6.45) is 7.63. The SMILES string of the molecule is CNC(=O)C(NC(=O)C1(c2cc(CNC(=O)C(NC(=O)C3(c4cccc(-c5cnnn5C)c4)CC3)c3ccccc3)cc(-c3ccncc3)c2)CC1)c1ccccc1. The van der Waals surface area contributed by atoms with E-state index in [-0.39, 0.29) is 30.2 Å². The fourth-order valence-corrected chi connectivity index (χ4v) is 7.72. The Balaban J connectivity index is 1.05. The maximum Gasteiger partial charge on any atom is 0.247 e. The maximum absolute atomic E-state index is 14.2. The lowest BCUT2D eigenvalue weighted by atomic mass is 9.89. The monoisotopic (exact) mass is 772 g/mol. The molecule has 2 unspecified atom stereocenters. The molecule has 0 bridgehead atoms. The first kappa shape index (κ1) is 37.9. The summed E-state index contributed by atoms with van der Waals surface area (Å²) in [7, 11) is 3.38. The number of nitrogens with zero attached hydrogens (tertiary/aromatic N) is 4. The van der Waals surface area contributed by atoms with Crippen molar-refractivity contribution in [1.82, 2.24) is 41.2 Å². The van der Waals surface area contributed by atoms with E-state index in [1.165, 1.54) is 0 Å². The van der Waals surface area contributed by atoms with Crippen LogP contribution in [0.3, 0.4) is 0 Å². The molecule has 4 N–H and O–H groups in total. The van der Waals surface area contributed by atoms with E-state index in [9.17, 15) is 19.2 Å². The van der Waals surface area contributed by atoms with Gasteiger partial charge in [0.2, 0.25) is 23.6 Å². The molecule has 0 aliphatic heterocycles. The largest absolute Gasteiger partial charge is 0.357 e. The number of nitrogens with one attached hydrogen (secondary N) is 4. The Kier molecular flexibility index (Phi) is 10.4. The van der Waals surface area contributed by atoms with Crippen molar-refractivity contribution in [2.45, 2.75) is 55.1 Å². The third-order valence-corrected chi connectivity index (χ3v) is 11.4. The maximum atomic E-state index is 14.2. The Hall–Kier alpha value is -6.95. The highest BCUT2D eigenvalue weighted by atomic mass is 16.2. The molecule has 292 valence electrons. The Morgan fingerprint density at radius 3 is 1.81 bits per heavy atom. The standard InChI is InChI=1S/C46H44N8O4/c1-47-41(55)39(32-10-5-3-6-11-32)51-44(58)46(20-21-46)37-25-30(24-35(27-37)31-16-22-48-23-17-31)28-49-42(56)40(33-12-7-4-8-13-33)52-43(57)45(18-19-45)36-15-9-14-34(26-36)38-29-50-53-54(38)2/h3-17,22-27,29,39-40H,18-21,28H2,1-2H3,(H,47,55)(H,49,56)(H,51,58)(H,52,57). The van der Waals surface area contributed by atoms with Crippen molar-refractivity contribution in [1.29, 1.82) is 0 Å². The third-order valence-electron chi connectivity index (χ3n) is 11.4. The summed E-state index contributed by atoms with van der Waals surface area (Å²) in [5, 5.41) is 20.0. The molecule has 0 spiro atoms. The lowest BCUT2D eigenvalue weighted by Crippen LogP contribution is -2.44. The van der Waals surface area contributed by atoms with Crippen LogP contribution in [0.5, 0.6) is 0 Å². The molecule has 4 amide bonds. The zero-order chi connectivity index (χ0) is 40.3. The third kappa shape index (κ3) is 7.60. The number of aromatic nitrogens is 4. The summed E-state index contributed by atoms with van der Waals surface area (Å²) in [6, 6.07) is 34.2. The fourth-order valence-electron chi connectivity index (χ4n) is 7.72. The summed E-state index contributed by atoms with van der Waals surface area (Å²) < 4.78 is 1.69. The Morgan fingerprint density at radius 1 is 0.655 bits per heavy atom. The number of carbonyl (C=O) groups excluding carboxylic acids is 4. The van der Waals surface area contributed by atoms with Crippen LogP contribution in [-0.4, -0.2) is 50.7 Å². The van der Waals surface area contributed by atoms with Crippen molar-refractivity contribution in [2.24, 2.45) is 7.05 Å². The molecule has 58 heavy (non-hydrogen) atoms. The summed E-state index contributed by atoms with van der Waals surface area (Å²) in [4.78, 5) is 59.8. The van der Waals surface area contributed by atoms with E-state index in [2.05, 4.69) is 36.6 Å². The summed E-state index contributed by atoms with van der Waals surface area (Å²) in [5.41, 5.74) is 5.67. The lowest BCUT2D eigenvalue weighted by molar-refractivity contribution is -0.130. The van der Waals surface area contributed by atoms with Gasteiger partial charge in [0, 0.05) is 38.6 Å². The van der Waals surface area contributed by atoms with Crippen LogP contribution in [0, 0.1) is 0 Å². The minimum absolute atomic E-state index is 0.137. The summed E-state index contributed by atoms with van der Waals surface area (Å²) in [5.74, 6) is -1.13. The van der Waals surface area contributed by atoms with Crippen LogP contribution in [0.25, 0.3) is 22.4 Å². The van der Waals surface area contributed by atoms with Gasteiger partial charge in [-0.15, -0.1) is 5.10 Å². The van der Waals surface area contributed by atoms with Crippen LogP contribution in [0.2, 0.25) is 0 Å². The van der Waals surface area contributed by atoms with Crippen molar-refractivity contribution in [2.75, 3.05) is 7.05 Å². The molecule has 12 heteroatoms. The van der Waals surface area contributed by atoms with Crippen LogP contribution in [-0.2, 0) is 43.6 Å². The van der Waals surface area contributed by atoms with Gasteiger partial charge in [-0.1, -0.05) is 96.2 Å². The minimum Gasteiger partial charge on any atom is -0.357 e. The molecule has 4 aromatic carbocycles. The minimum atomic E-state index is -0.960. The molecule has 12 nitrogen and oxygen atoms in total. The van der Waals surface area contributed by atoms with Gasteiger partial charge in [-0.2, -0.15) is 0 Å². The van der Waals surface area contributed by atoms with Crippen molar-refractivity contribution in [3.63, 3.8) is 0 Å². The number of benzene rings is 4. The second-order valence-electron chi connectivity index (χ2n) is 15.1. The van der Waals surface area contributed by atoms with Gasteiger partial charge >= 0.3 is 0 Å². The van der Waals surface area contributed by atoms with Crippen molar-refractivity contribution >= 4 is 23.6 Å². The Labute approximate surface area is 336 Å². The van der Waals surface area contributed by atoms with Gasteiger partial charge < -0.3 is 21.3 Å². The molecule has 2 aromatic heterocycles. The average Bonchev–Trinajstić information content (AvgIpc) is 4.21. The van der Waals surface area contributed by atoms with Gasteiger partial charge in [0.05, 0.1) is 22.7 Å². The molecule has 2 saturated carbocycles. The molecule has 2 aliphatic carbocycles. The van der Waals surface area contributed by atoms with Crippen molar-refractivity contribution in [3.8, 4) is 22.4 Å². The number of rotatable bonds is 14. The number of hydrogen-bond acceptors (Lipinski definition) is 7. The highest BCUT2D eigenvalue weighted by molar-refractivity contribution is 5.97. The topological polar surface area (TPSA) is 160 Å². The van der Waals surface area contributed by atoms with E-state index in [4.69, 9.17) is 0 Å². The van der Waals surface area contributed by atoms with Crippen molar-refractivity contribution in [3.05, 3.63) is 162 Å². The van der Waals surface area contributed by atoms with Gasteiger partial charge in [0.15, 0.2) is 0 Å². The van der Waals surface area contributed by atoms with Crippen LogP contribution in [0.15, 0.2) is 134 Å². The Bertz CT molecular complexity index is 2460. The molecule has 6 aromatic rings. The van der Waals surface area contributed by atoms with Crippen LogP contribution < -0.4 is 21.3 Å². The normalized spacial score (nSPS) is 15.6.